The zero-order valence-corrected chi connectivity index (χ0v) is 7.99. The van der Waals surface area contributed by atoms with Gasteiger partial charge in [-0.25, -0.2) is 0 Å². The molecule has 1 rings (SSSR count). The van der Waals surface area contributed by atoms with Crippen molar-refractivity contribution in [2.24, 2.45) is 5.92 Å². The number of hydrogen-bond acceptors (Lipinski definition) is 3. The summed E-state index contributed by atoms with van der Waals surface area (Å²) in [5.74, 6) is 0.0629. The third-order valence-corrected chi connectivity index (χ3v) is 1.75. The number of ether oxygens (including phenoxy) is 2. The fourth-order valence-electron chi connectivity index (χ4n) is 0.865. The molecule has 1 aliphatic carbocycles. The van der Waals surface area contributed by atoms with E-state index in [0.717, 1.165) is 25.9 Å². The van der Waals surface area contributed by atoms with Crippen molar-refractivity contribution < 1.29 is 14.3 Å². The first kappa shape index (κ1) is 10.3. The molecule has 74 valence electrons. The molecule has 0 bridgehead atoms. The zero-order chi connectivity index (χ0) is 9.52. The Bertz CT molecular complexity index is 183. The van der Waals surface area contributed by atoms with Crippen LogP contribution in [0, 0.1) is 5.92 Å². The van der Waals surface area contributed by atoms with Crippen molar-refractivity contribution in [3.05, 3.63) is 12.3 Å². The number of hydrogen-bond donors (Lipinski definition) is 0. The molecule has 0 atom stereocenters. The summed E-state index contributed by atoms with van der Waals surface area (Å²) >= 11 is 0. The smallest absolute Gasteiger partial charge is 0.313 e. The molecule has 0 radical (unpaired) electrons. The molecular formula is C10H16O3. The quantitative estimate of drug-likeness (QED) is 0.359. The van der Waals surface area contributed by atoms with E-state index in [1.807, 2.05) is 0 Å². The monoisotopic (exact) mass is 184 g/mol. The van der Waals surface area contributed by atoms with Gasteiger partial charge in [0.25, 0.3) is 0 Å². The predicted molar refractivity (Wildman–Crippen MR) is 49.1 cm³/mol. The third-order valence-electron chi connectivity index (χ3n) is 1.75. The van der Waals surface area contributed by atoms with Crippen LogP contribution >= 0.6 is 0 Å². The number of carbonyl (C=O) groups excluding carboxylic acids is 1. The van der Waals surface area contributed by atoms with Gasteiger partial charge in [-0.15, -0.1) is 0 Å². The van der Waals surface area contributed by atoms with E-state index in [2.05, 4.69) is 6.92 Å². The first-order valence-corrected chi connectivity index (χ1v) is 4.78. The van der Waals surface area contributed by atoms with Crippen molar-refractivity contribution in [3.8, 4) is 0 Å². The summed E-state index contributed by atoms with van der Waals surface area (Å²) < 4.78 is 10.0. The van der Waals surface area contributed by atoms with Crippen LogP contribution in [0.25, 0.3) is 0 Å². The maximum Gasteiger partial charge on any atom is 0.313 e. The molecule has 1 saturated carbocycles. The molecule has 0 unspecified atom stereocenters. The van der Waals surface area contributed by atoms with Crippen LogP contribution in [0.15, 0.2) is 12.3 Å². The molecule has 0 N–H and O–H groups in total. The Hall–Kier alpha value is -0.830. The standard InChI is InChI=1S/C10H16O3/c1-2-6-12-7-3-8-13-10(11)9-4-5-9/h3,8-9H,2,4-7H2,1H3. The minimum atomic E-state index is -0.105. The molecule has 0 aromatic rings. The van der Waals surface area contributed by atoms with Gasteiger partial charge in [-0.1, -0.05) is 6.92 Å². The van der Waals surface area contributed by atoms with Crippen LogP contribution in [-0.4, -0.2) is 19.2 Å². The Morgan fingerprint density at radius 1 is 1.54 bits per heavy atom. The second-order valence-corrected chi connectivity index (χ2v) is 3.16. The minimum Gasteiger partial charge on any atom is -0.435 e. The molecule has 0 aromatic heterocycles. The normalized spacial score (nSPS) is 16.4. The van der Waals surface area contributed by atoms with Gasteiger partial charge in [0.2, 0.25) is 0 Å². The molecule has 0 heterocycles. The summed E-state index contributed by atoms with van der Waals surface area (Å²) in [5, 5.41) is 0. The molecule has 3 nitrogen and oxygen atoms in total. The minimum absolute atomic E-state index is 0.105. The van der Waals surface area contributed by atoms with E-state index in [1.54, 1.807) is 6.08 Å². The Kier molecular flexibility index (Phi) is 4.54. The van der Waals surface area contributed by atoms with Crippen LogP contribution < -0.4 is 0 Å². The fourth-order valence-corrected chi connectivity index (χ4v) is 0.865. The molecule has 3 heteroatoms. The van der Waals surface area contributed by atoms with Crippen molar-refractivity contribution in [2.45, 2.75) is 26.2 Å². The van der Waals surface area contributed by atoms with Crippen molar-refractivity contribution in [1.29, 1.82) is 0 Å². The Balaban J connectivity index is 1.94. The maximum absolute atomic E-state index is 11.0. The van der Waals surface area contributed by atoms with Crippen LogP contribution in [0.5, 0.6) is 0 Å². The van der Waals surface area contributed by atoms with E-state index in [0.29, 0.717) is 6.61 Å². The van der Waals surface area contributed by atoms with Crippen molar-refractivity contribution >= 4 is 5.97 Å². The van der Waals surface area contributed by atoms with Crippen molar-refractivity contribution in [2.75, 3.05) is 13.2 Å². The Morgan fingerprint density at radius 3 is 2.92 bits per heavy atom. The van der Waals surface area contributed by atoms with Gasteiger partial charge in [0.15, 0.2) is 0 Å². The topological polar surface area (TPSA) is 35.5 Å². The van der Waals surface area contributed by atoms with Gasteiger partial charge in [0.05, 0.1) is 18.8 Å². The summed E-state index contributed by atoms with van der Waals surface area (Å²) in [4.78, 5) is 11.0. The summed E-state index contributed by atoms with van der Waals surface area (Å²) in [5.41, 5.74) is 0. The highest BCUT2D eigenvalue weighted by Gasteiger charge is 2.30. The molecular weight excluding hydrogens is 168 g/mol. The lowest BCUT2D eigenvalue weighted by Crippen LogP contribution is -2.01. The molecule has 0 aromatic carbocycles. The average Bonchev–Trinajstić information content (AvgIpc) is 2.93. The number of esters is 1. The molecule has 0 aliphatic heterocycles. The highest BCUT2D eigenvalue weighted by atomic mass is 16.5. The summed E-state index contributed by atoms with van der Waals surface area (Å²) in [7, 11) is 0. The predicted octanol–water partition coefficient (Wildman–Crippen LogP) is 1.88. The summed E-state index contributed by atoms with van der Waals surface area (Å²) in [6.45, 7) is 3.32. The largest absolute Gasteiger partial charge is 0.435 e. The van der Waals surface area contributed by atoms with Crippen molar-refractivity contribution in [1.82, 2.24) is 0 Å². The first-order valence-electron chi connectivity index (χ1n) is 4.78. The second-order valence-electron chi connectivity index (χ2n) is 3.16. The highest BCUT2D eigenvalue weighted by Crippen LogP contribution is 2.29. The number of rotatable bonds is 6. The van der Waals surface area contributed by atoms with Gasteiger partial charge in [-0.05, 0) is 25.3 Å². The van der Waals surface area contributed by atoms with Gasteiger partial charge in [-0.2, -0.15) is 0 Å². The molecule has 0 spiro atoms. The first-order chi connectivity index (χ1) is 6.34. The van der Waals surface area contributed by atoms with Crippen LogP contribution in [0.3, 0.4) is 0 Å². The van der Waals surface area contributed by atoms with E-state index in [1.165, 1.54) is 6.26 Å². The van der Waals surface area contributed by atoms with E-state index >= 15 is 0 Å². The van der Waals surface area contributed by atoms with Gasteiger partial charge >= 0.3 is 5.97 Å². The van der Waals surface area contributed by atoms with E-state index in [-0.39, 0.29) is 11.9 Å². The SMILES string of the molecule is CCCOCC=COC(=O)C1CC1. The molecule has 0 amide bonds. The summed E-state index contributed by atoms with van der Waals surface area (Å²) in [6, 6.07) is 0. The van der Waals surface area contributed by atoms with Gasteiger partial charge in [-0.3, -0.25) is 4.79 Å². The summed E-state index contributed by atoms with van der Waals surface area (Å²) in [6.07, 6.45) is 6.12. The Labute approximate surface area is 78.7 Å². The fraction of sp³-hybridized carbons (Fsp3) is 0.700. The van der Waals surface area contributed by atoms with Gasteiger partial charge in [0.1, 0.15) is 0 Å². The average molecular weight is 184 g/mol. The van der Waals surface area contributed by atoms with Crippen LogP contribution in [0.1, 0.15) is 26.2 Å². The van der Waals surface area contributed by atoms with Crippen LogP contribution in [0.2, 0.25) is 0 Å². The van der Waals surface area contributed by atoms with E-state index < -0.39 is 0 Å². The number of carbonyl (C=O) groups is 1. The van der Waals surface area contributed by atoms with Crippen molar-refractivity contribution in [3.63, 3.8) is 0 Å². The molecule has 0 saturated heterocycles. The Morgan fingerprint density at radius 2 is 2.31 bits per heavy atom. The van der Waals surface area contributed by atoms with Crippen LogP contribution in [-0.2, 0) is 14.3 Å². The molecule has 1 fully saturated rings. The lowest BCUT2D eigenvalue weighted by Gasteiger charge is -1.97. The lowest BCUT2D eigenvalue weighted by atomic mass is 10.4. The van der Waals surface area contributed by atoms with E-state index in [9.17, 15) is 4.79 Å². The van der Waals surface area contributed by atoms with E-state index in [4.69, 9.17) is 9.47 Å². The molecule has 13 heavy (non-hydrogen) atoms. The van der Waals surface area contributed by atoms with Crippen LogP contribution in [0.4, 0.5) is 0 Å². The molecule has 1 aliphatic rings. The second kappa shape index (κ2) is 5.75. The van der Waals surface area contributed by atoms with Gasteiger partial charge in [0, 0.05) is 6.61 Å². The lowest BCUT2D eigenvalue weighted by molar-refractivity contribution is -0.139. The maximum atomic E-state index is 11.0. The zero-order valence-electron chi connectivity index (χ0n) is 7.99. The highest BCUT2D eigenvalue weighted by molar-refractivity contribution is 5.75. The third kappa shape index (κ3) is 4.68. The van der Waals surface area contributed by atoms with Gasteiger partial charge < -0.3 is 9.47 Å².